The number of hydrogen-bond donors (Lipinski definition) is 0. The third-order valence-corrected chi connectivity index (χ3v) is 6.20. The van der Waals surface area contributed by atoms with E-state index in [1.165, 1.54) is 11.8 Å². The minimum absolute atomic E-state index is 0.246. The zero-order valence-corrected chi connectivity index (χ0v) is 17.0. The number of furan rings is 1. The van der Waals surface area contributed by atoms with Gasteiger partial charge in [0.25, 0.3) is 11.1 Å². The van der Waals surface area contributed by atoms with Gasteiger partial charge in [0.2, 0.25) is 5.91 Å². The summed E-state index contributed by atoms with van der Waals surface area (Å²) < 4.78 is 11.0. The van der Waals surface area contributed by atoms with Crippen LogP contribution in [0.15, 0.2) is 61.8 Å². The van der Waals surface area contributed by atoms with Gasteiger partial charge in [0.1, 0.15) is 12.3 Å². The first-order valence-corrected chi connectivity index (χ1v) is 10.7. The van der Waals surface area contributed by atoms with Crippen LogP contribution in [0.1, 0.15) is 5.76 Å². The fourth-order valence-electron chi connectivity index (χ4n) is 2.89. The molecule has 2 fully saturated rings. The fraction of sp³-hybridized carbons (Fsp3) is 0.250. The van der Waals surface area contributed by atoms with Gasteiger partial charge in [-0.2, -0.15) is 0 Å². The van der Waals surface area contributed by atoms with E-state index in [1.807, 2.05) is 36.4 Å². The second kappa shape index (κ2) is 8.89. The summed E-state index contributed by atoms with van der Waals surface area (Å²) in [6.45, 7) is 1.62. The first kappa shape index (κ1) is 19.8. The first-order chi connectivity index (χ1) is 14.1. The number of thioether (sulfide) groups is 1. The van der Waals surface area contributed by atoms with Crippen LogP contribution in [0.4, 0.5) is 4.79 Å². The molecule has 0 aliphatic carbocycles. The van der Waals surface area contributed by atoms with Crippen molar-refractivity contribution in [3.8, 4) is 0 Å². The van der Waals surface area contributed by atoms with E-state index in [0.29, 0.717) is 37.2 Å². The zero-order chi connectivity index (χ0) is 20.2. The molecule has 4 rings (SSSR count). The van der Waals surface area contributed by atoms with E-state index in [1.54, 1.807) is 17.0 Å². The molecule has 1 aromatic carbocycles. The highest BCUT2D eigenvalue weighted by atomic mass is 32.2. The van der Waals surface area contributed by atoms with E-state index >= 15 is 0 Å². The molecule has 0 unspecified atom stereocenters. The van der Waals surface area contributed by atoms with Crippen LogP contribution in [0.5, 0.6) is 0 Å². The summed E-state index contributed by atoms with van der Waals surface area (Å²) in [6, 6.07) is 13.3. The molecule has 29 heavy (non-hydrogen) atoms. The van der Waals surface area contributed by atoms with E-state index < -0.39 is 11.1 Å². The average molecular weight is 431 g/mol. The van der Waals surface area contributed by atoms with Crippen LogP contribution in [-0.2, 0) is 14.3 Å². The lowest BCUT2D eigenvalue weighted by Gasteiger charge is -2.27. The van der Waals surface area contributed by atoms with Gasteiger partial charge in [-0.15, -0.1) is 0 Å². The standard InChI is InChI=1S/C20H18N2O5S2/c23-17(21-8-10-26-11-9-21)13-22-19(24)16(29-20(22)25)12-14-6-7-18(27-14)28-15-4-2-1-3-5-15/h1-7,12H,8-11,13H2/b16-12-. The van der Waals surface area contributed by atoms with Gasteiger partial charge < -0.3 is 14.1 Å². The highest BCUT2D eigenvalue weighted by Crippen LogP contribution is 2.34. The summed E-state index contributed by atoms with van der Waals surface area (Å²) in [5.41, 5.74) is 0. The Bertz CT molecular complexity index is 951. The second-order valence-electron chi connectivity index (χ2n) is 6.33. The number of amides is 3. The Labute approximate surface area is 176 Å². The molecule has 9 heteroatoms. The lowest BCUT2D eigenvalue weighted by molar-refractivity contribution is -0.139. The van der Waals surface area contributed by atoms with Crippen LogP contribution in [0.25, 0.3) is 6.08 Å². The van der Waals surface area contributed by atoms with Crippen LogP contribution in [-0.4, -0.2) is 59.7 Å². The molecular weight excluding hydrogens is 412 g/mol. The van der Waals surface area contributed by atoms with Crippen LogP contribution in [0, 0.1) is 0 Å². The quantitative estimate of drug-likeness (QED) is 0.673. The molecule has 2 aliphatic heterocycles. The molecule has 2 saturated heterocycles. The number of imide groups is 1. The Balaban J connectivity index is 1.41. The van der Waals surface area contributed by atoms with Crippen molar-refractivity contribution in [1.82, 2.24) is 9.80 Å². The monoisotopic (exact) mass is 430 g/mol. The van der Waals surface area contributed by atoms with Crippen LogP contribution in [0.3, 0.4) is 0 Å². The Morgan fingerprint density at radius 1 is 1.10 bits per heavy atom. The summed E-state index contributed by atoms with van der Waals surface area (Å²) in [5, 5.41) is 0.234. The number of rotatable bonds is 5. The minimum Gasteiger partial charge on any atom is -0.450 e. The highest BCUT2D eigenvalue weighted by Gasteiger charge is 2.37. The van der Waals surface area contributed by atoms with E-state index in [2.05, 4.69) is 0 Å². The van der Waals surface area contributed by atoms with Crippen molar-refractivity contribution in [1.29, 1.82) is 0 Å². The molecule has 150 valence electrons. The smallest absolute Gasteiger partial charge is 0.294 e. The number of morpholine rings is 1. The van der Waals surface area contributed by atoms with Crippen molar-refractivity contribution in [2.45, 2.75) is 9.99 Å². The maximum Gasteiger partial charge on any atom is 0.294 e. The van der Waals surface area contributed by atoms with Crippen molar-refractivity contribution < 1.29 is 23.5 Å². The molecule has 0 saturated carbocycles. The molecule has 0 spiro atoms. The summed E-state index contributed by atoms with van der Waals surface area (Å²) in [7, 11) is 0. The highest BCUT2D eigenvalue weighted by molar-refractivity contribution is 8.18. The number of carbonyl (C=O) groups excluding carboxylic acids is 3. The summed E-state index contributed by atoms with van der Waals surface area (Å²) >= 11 is 2.28. The summed E-state index contributed by atoms with van der Waals surface area (Å²) in [6.07, 6.45) is 1.54. The van der Waals surface area contributed by atoms with Gasteiger partial charge in [-0.25, -0.2) is 0 Å². The largest absolute Gasteiger partial charge is 0.450 e. The Kier molecular flexibility index (Phi) is 6.08. The van der Waals surface area contributed by atoms with Crippen molar-refractivity contribution in [3.63, 3.8) is 0 Å². The second-order valence-corrected chi connectivity index (χ2v) is 8.40. The van der Waals surface area contributed by atoms with Gasteiger partial charge in [0.05, 0.1) is 18.1 Å². The molecule has 7 nitrogen and oxygen atoms in total. The SMILES string of the molecule is O=C(CN1C(=O)S/C(=C\c2ccc(Sc3ccccc3)o2)C1=O)N1CCOCC1. The molecule has 1 aromatic heterocycles. The third-order valence-electron chi connectivity index (χ3n) is 4.37. The molecule has 3 amide bonds. The van der Waals surface area contributed by atoms with E-state index in [4.69, 9.17) is 9.15 Å². The van der Waals surface area contributed by atoms with Crippen molar-refractivity contribution in [2.75, 3.05) is 32.8 Å². The number of carbonyl (C=O) groups is 3. The van der Waals surface area contributed by atoms with Gasteiger partial charge in [-0.1, -0.05) is 30.0 Å². The van der Waals surface area contributed by atoms with Crippen LogP contribution < -0.4 is 0 Å². The molecule has 0 atom stereocenters. The summed E-state index contributed by atoms with van der Waals surface area (Å²) in [5.74, 6) is -0.250. The van der Waals surface area contributed by atoms with Crippen molar-refractivity contribution >= 4 is 46.7 Å². The number of ether oxygens (including phenoxy) is 1. The summed E-state index contributed by atoms with van der Waals surface area (Å²) in [4.78, 5) is 41.1. The number of benzene rings is 1. The Morgan fingerprint density at radius 3 is 2.62 bits per heavy atom. The molecule has 3 heterocycles. The average Bonchev–Trinajstić information content (AvgIpc) is 3.28. The molecule has 0 N–H and O–H groups in total. The molecule has 0 radical (unpaired) electrons. The Morgan fingerprint density at radius 2 is 1.86 bits per heavy atom. The predicted octanol–water partition coefficient (Wildman–Crippen LogP) is 3.33. The van der Waals surface area contributed by atoms with Gasteiger partial charge in [0, 0.05) is 24.1 Å². The molecule has 2 aromatic rings. The van der Waals surface area contributed by atoms with Crippen LogP contribution in [0.2, 0.25) is 0 Å². The first-order valence-electron chi connectivity index (χ1n) is 9.04. The lowest BCUT2D eigenvalue weighted by Crippen LogP contribution is -2.46. The van der Waals surface area contributed by atoms with Gasteiger partial charge >= 0.3 is 0 Å². The normalized spacial score (nSPS) is 18.7. The predicted molar refractivity (Wildman–Crippen MR) is 109 cm³/mol. The van der Waals surface area contributed by atoms with Crippen LogP contribution >= 0.6 is 23.5 Å². The third kappa shape index (κ3) is 4.75. The zero-order valence-electron chi connectivity index (χ0n) is 15.4. The molecular formula is C20H18N2O5S2. The molecule has 2 aliphatic rings. The van der Waals surface area contributed by atoms with E-state index in [0.717, 1.165) is 21.6 Å². The van der Waals surface area contributed by atoms with Gasteiger partial charge in [-0.3, -0.25) is 19.3 Å². The van der Waals surface area contributed by atoms with Gasteiger partial charge in [-0.05, 0) is 36.0 Å². The van der Waals surface area contributed by atoms with E-state index in [-0.39, 0.29) is 17.4 Å². The van der Waals surface area contributed by atoms with E-state index in [9.17, 15) is 14.4 Å². The number of hydrogen-bond acceptors (Lipinski definition) is 7. The fourth-order valence-corrected chi connectivity index (χ4v) is 4.50. The number of nitrogens with zero attached hydrogens (tertiary/aromatic N) is 2. The van der Waals surface area contributed by atoms with Crippen molar-refractivity contribution in [2.24, 2.45) is 0 Å². The minimum atomic E-state index is -0.477. The lowest BCUT2D eigenvalue weighted by atomic mass is 10.3. The van der Waals surface area contributed by atoms with Gasteiger partial charge in [0.15, 0.2) is 5.09 Å². The molecule has 0 bridgehead atoms. The maximum atomic E-state index is 12.6. The topological polar surface area (TPSA) is 80.1 Å². The maximum absolute atomic E-state index is 12.6. The van der Waals surface area contributed by atoms with Crippen molar-refractivity contribution in [3.05, 3.63) is 53.1 Å². The Hall–Kier alpha value is -2.49.